The molecule has 0 amide bonds. The summed E-state index contributed by atoms with van der Waals surface area (Å²) in [5.74, 6) is 0.767. The molecule has 6 heteroatoms. The molecule has 0 unspecified atom stereocenters. The molecule has 1 aromatic heterocycles. The lowest BCUT2D eigenvalue weighted by molar-refractivity contribution is 0.563. The van der Waals surface area contributed by atoms with Crippen molar-refractivity contribution in [3.8, 4) is 5.69 Å². The Morgan fingerprint density at radius 2 is 2.17 bits per heavy atom. The van der Waals surface area contributed by atoms with Crippen LogP contribution in [-0.2, 0) is 6.54 Å². The first-order valence-corrected chi connectivity index (χ1v) is 6.23. The molecule has 2 rings (SSSR count). The van der Waals surface area contributed by atoms with Gasteiger partial charge in [-0.15, -0.1) is 5.10 Å². The number of hydrogen-bond donors (Lipinski definition) is 1. The molecule has 0 spiro atoms. The van der Waals surface area contributed by atoms with Crippen LogP contribution in [-0.4, -0.2) is 26.2 Å². The maximum atomic E-state index is 6.11. The Morgan fingerprint density at radius 3 is 2.83 bits per heavy atom. The van der Waals surface area contributed by atoms with Gasteiger partial charge in [0, 0.05) is 11.1 Å². The molecule has 2 aromatic rings. The Labute approximate surface area is 111 Å². The van der Waals surface area contributed by atoms with Crippen molar-refractivity contribution >= 4 is 11.6 Å². The molecule has 1 N–H and O–H groups in total. The van der Waals surface area contributed by atoms with Crippen LogP contribution in [0, 0.1) is 6.92 Å². The maximum absolute atomic E-state index is 6.11. The fourth-order valence-corrected chi connectivity index (χ4v) is 1.70. The van der Waals surface area contributed by atoms with Gasteiger partial charge in [0.25, 0.3) is 0 Å². The SMILES string of the molecule is Cc1ccc(-n2nnnc2CNC(C)C)cc1Cl. The molecule has 1 aromatic carbocycles. The molecule has 0 atom stereocenters. The zero-order valence-corrected chi connectivity index (χ0v) is 11.4. The minimum atomic E-state index is 0.386. The average Bonchev–Trinajstić information content (AvgIpc) is 2.78. The Morgan fingerprint density at radius 1 is 1.39 bits per heavy atom. The Bertz CT molecular complexity index is 535. The third-order valence-corrected chi connectivity index (χ3v) is 3.01. The summed E-state index contributed by atoms with van der Waals surface area (Å²) in [7, 11) is 0. The first kappa shape index (κ1) is 13.0. The van der Waals surface area contributed by atoms with Gasteiger partial charge >= 0.3 is 0 Å². The predicted octanol–water partition coefficient (Wildman–Crippen LogP) is 2.12. The van der Waals surface area contributed by atoms with E-state index in [-0.39, 0.29) is 0 Å². The second-order valence-corrected chi connectivity index (χ2v) is 4.88. The largest absolute Gasteiger partial charge is 0.308 e. The normalized spacial score (nSPS) is 11.2. The smallest absolute Gasteiger partial charge is 0.170 e. The second kappa shape index (κ2) is 5.46. The van der Waals surface area contributed by atoms with E-state index in [1.54, 1.807) is 4.68 Å². The quantitative estimate of drug-likeness (QED) is 0.920. The number of nitrogens with one attached hydrogen (secondary N) is 1. The Balaban J connectivity index is 2.27. The van der Waals surface area contributed by atoms with Crippen molar-refractivity contribution in [1.29, 1.82) is 0 Å². The van der Waals surface area contributed by atoms with E-state index in [9.17, 15) is 0 Å². The van der Waals surface area contributed by atoms with Crippen molar-refractivity contribution < 1.29 is 0 Å². The van der Waals surface area contributed by atoms with Crippen LogP contribution in [0.3, 0.4) is 0 Å². The minimum Gasteiger partial charge on any atom is -0.308 e. The standard InChI is InChI=1S/C12H16ClN5/c1-8(2)14-7-12-15-16-17-18(12)10-5-4-9(3)11(13)6-10/h4-6,8,14H,7H2,1-3H3. The summed E-state index contributed by atoms with van der Waals surface area (Å²) in [5.41, 5.74) is 1.91. The van der Waals surface area contributed by atoms with Crippen molar-refractivity contribution in [2.45, 2.75) is 33.4 Å². The van der Waals surface area contributed by atoms with E-state index in [0.29, 0.717) is 17.6 Å². The molecule has 96 valence electrons. The van der Waals surface area contributed by atoms with Crippen LogP contribution in [0.15, 0.2) is 18.2 Å². The highest BCUT2D eigenvalue weighted by Gasteiger charge is 2.09. The van der Waals surface area contributed by atoms with Gasteiger partial charge in [0.2, 0.25) is 0 Å². The van der Waals surface area contributed by atoms with Gasteiger partial charge in [0.1, 0.15) is 0 Å². The highest BCUT2D eigenvalue weighted by atomic mass is 35.5. The molecule has 0 aliphatic rings. The van der Waals surface area contributed by atoms with Crippen LogP contribution in [0.2, 0.25) is 5.02 Å². The molecule has 0 radical (unpaired) electrons. The first-order valence-electron chi connectivity index (χ1n) is 5.85. The van der Waals surface area contributed by atoms with Crippen LogP contribution in [0.4, 0.5) is 0 Å². The number of nitrogens with zero attached hydrogens (tertiary/aromatic N) is 4. The minimum absolute atomic E-state index is 0.386. The van der Waals surface area contributed by atoms with Crippen LogP contribution in [0.25, 0.3) is 5.69 Å². The third-order valence-electron chi connectivity index (χ3n) is 2.60. The van der Waals surface area contributed by atoms with Crippen molar-refractivity contribution in [3.05, 3.63) is 34.6 Å². The molecular formula is C12H16ClN5. The summed E-state index contributed by atoms with van der Waals surface area (Å²) in [6, 6.07) is 6.17. The summed E-state index contributed by atoms with van der Waals surface area (Å²) in [4.78, 5) is 0. The van der Waals surface area contributed by atoms with Gasteiger partial charge in [0.05, 0.1) is 12.2 Å². The van der Waals surface area contributed by atoms with Crippen molar-refractivity contribution in [2.75, 3.05) is 0 Å². The number of hydrogen-bond acceptors (Lipinski definition) is 4. The lowest BCUT2D eigenvalue weighted by Crippen LogP contribution is -2.24. The zero-order chi connectivity index (χ0) is 13.1. The highest BCUT2D eigenvalue weighted by molar-refractivity contribution is 6.31. The number of benzene rings is 1. The number of aromatic nitrogens is 4. The molecule has 0 saturated heterocycles. The molecule has 18 heavy (non-hydrogen) atoms. The van der Waals surface area contributed by atoms with E-state index in [1.165, 1.54) is 0 Å². The van der Waals surface area contributed by atoms with E-state index in [1.807, 2.05) is 25.1 Å². The molecule has 0 aliphatic heterocycles. The summed E-state index contributed by atoms with van der Waals surface area (Å²) in [6.07, 6.45) is 0. The lowest BCUT2D eigenvalue weighted by atomic mass is 10.2. The van der Waals surface area contributed by atoms with Gasteiger partial charge in [-0.05, 0) is 35.0 Å². The molecule has 0 bridgehead atoms. The maximum Gasteiger partial charge on any atom is 0.170 e. The molecular weight excluding hydrogens is 250 g/mol. The summed E-state index contributed by atoms with van der Waals surface area (Å²) in [6.45, 7) is 6.75. The summed E-state index contributed by atoms with van der Waals surface area (Å²) < 4.78 is 1.70. The fraction of sp³-hybridized carbons (Fsp3) is 0.417. The van der Waals surface area contributed by atoms with Crippen LogP contribution in [0.5, 0.6) is 0 Å². The van der Waals surface area contributed by atoms with Crippen molar-refractivity contribution in [1.82, 2.24) is 25.5 Å². The van der Waals surface area contributed by atoms with Gasteiger partial charge in [-0.1, -0.05) is 31.5 Å². The van der Waals surface area contributed by atoms with Gasteiger partial charge in [0.15, 0.2) is 5.82 Å². The average molecular weight is 266 g/mol. The van der Waals surface area contributed by atoms with Gasteiger partial charge in [-0.25, -0.2) is 0 Å². The van der Waals surface area contributed by atoms with Gasteiger partial charge in [-0.3, -0.25) is 0 Å². The fourth-order valence-electron chi connectivity index (χ4n) is 1.53. The van der Waals surface area contributed by atoms with Crippen molar-refractivity contribution in [3.63, 3.8) is 0 Å². The second-order valence-electron chi connectivity index (χ2n) is 4.48. The monoisotopic (exact) mass is 265 g/mol. The van der Waals surface area contributed by atoms with Crippen LogP contribution < -0.4 is 5.32 Å². The topological polar surface area (TPSA) is 55.6 Å². The van der Waals surface area contributed by atoms with E-state index >= 15 is 0 Å². The van der Waals surface area contributed by atoms with E-state index in [0.717, 1.165) is 17.1 Å². The van der Waals surface area contributed by atoms with Gasteiger partial charge in [-0.2, -0.15) is 4.68 Å². The summed E-state index contributed by atoms with van der Waals surface area (Å²) >= 11 is 6.11. The molecule has 5 nitrogen and oxygen atoms in total. The van der Waals surface area contributed by atoms with E-state index < -0.39 is 0 Å². The predicted molar refractivity (Wildman–Crippen MR) is 70.9 cm³/mol. The van der Waals surface area contributed by atoms with Crippen molar-refractivity contribution in [2.24, 2.45) is 0 Å². The molecule has 0 fully saturated rings. The highest BCUT2D eigenvalue weighted by Crippen LogP contribution is 2.19. The number of tetrazole rings is 1. The van der Waals surface area contributed by atoms with Crippen LogP contribution in [0.1, 0.15) is 25.2 Å². The van der Waals surface area contributed by atoms with E-state index in [2.05, 4.69) is 34.7 Å². The van der Waals surface area contributed by atoms with Crippen LogP contribution >= 0.6 is 11.6 Å². The lowest BCUT2D eigenvalue weighted by Gasteiger charge is -2.09. The number of aryl methyl sites for hydroxylation is 1. The number of rotatable bonds is 4. The molecule has 0 saturated carbocycles. The van der Waals surface area contributed by atoms with Gasteiger partial charge < -0.3 is 5.32 Å². The molecule has 0 aliphatic carbocycles. The zero-order valence-electron chi connectivity index (χ0n) is 10.7. The Hall–Kier alpha value is -1.46. The Kier molecular flexibility index (Phi) is 3.93. The van der Waals surface area contributed by atoms with E-state index in [4.69, 9.17) is 11.6 Å². The first-order chi connectivity index (χ1) is 8.58. The summed E-state index contributed by atoms with van der Waals surface area (Å²) in [5, 5.41) is 15.7. The number of halogens is 1. The molecule has 1 heterocycles. The third kappa shape index (κ3) is 2.86.